The van der Waals surface area contributed by atoms with Crippen molar-refractivity contribution in [2.75, 3.05) is 0 Å². The van der Waals surface area contributed by atoms with Crippen LogP contribution < -0.4 is 4.98 Å². The molecule has 0 saturated heterocycles. The van der Waals surface area contributed by atoms with E-state index in [9.17, 15) is 0 Å². The molecule has 0 atom stereocenters. The first kappa shape index (κ1) is 22.7. The number of rotatable bonds is 2. The third kappa shape index (κ3) is 7.82. The van der Waals surface area contributed by atoms with E-state index in [1.165, 1.54) is 6.33 Å². The van der Waals surface area contributed by atoms with Gasteiger partial charge in [-0.3, -0.25) is 19.9 Å². The molecule has 150 valence electrons. The van der Waals surface area contributed by atoms with Gasteiger partial charge in [0.05, 0.1) is 22.8 Å². The summed E-state index contributed by atoms with van der Waals surface area (Å²) in [6, 6.07) is 23.2. The molecule has 0 fully saturated rings. The second-order valence-corrected chi connectivity index (χ2v) is 5.57. The number of pyridine rings is 4. The third-order valence-corrected chi connectivity index (χ3v) is 3.56. The third-order valence-electron chi connectivity index (χ3n) is 3.56. The zero-order valence-corrected chi connectivity index (χ0v) is 17.7. The van der Waals surface area contributed by atoms with Crippen LogP contribution in [0.15, 0.2) is 116 Å². The summed E-state index contributed by atoms with van der Waals surface area (Å²) in [5.41, 5.74) is 3.66. The predicted molar refractivity (Wildman–Crippen MR) is 112 cm³/mol. The van der Waals surface area contributed by atoms with Crippen molar-refractivity contribution in [1.82, 2.24) is 29.9 Å². The van der Waals surface area contributed by atoms with Gasteiger partial charge in [-0.15, -0.1) is 0 Å². The van der Waals surface area contributed by atoms with Crippen LogP contribution in [0.4, 0.5) is 0 Å². The average molecular weight is 481 g/mol. The number of nitrogens with zero attached hydrogens (tertiary/aromatic N) is 6. The standard InChI is InChI=1S/2C10H8N2.C3H3N2.Ru/c2*1-3-7-11-9(5-1)10-6-2-4-8-12-10;1-2-5-3-4-1;/h2*1-8H;1-3H;/q;;-1;. The molecular weight excluding hydrogens is 461 g/mol. The molecule has 7 heteroatoms. The fraction of sp³-hybridized carbons (Fsp3) is 0. The van der Waals surface area contributed by atoms with Crippen LogP contribution in [0, 0.1) is 0 Å². The molecule has 0 N–H and O–H groups in total. The van der Waals surface area contributed by atoms with Gasteiger partial charge in [0.1, 0.15) is 0 Å². The molecule has 0 unspecified atom stereocenters. The van der Waals surface area contributed by atoms with Crippen molar-refractivity contribution in [3.63, 3.8) is 0 Å². The SMILES string of the molecule is [Ru].c1c[n-]cn1.c1ccc(-c2ccccn2)nc1.c1ccc(-c2ccccn2)nc1. The summed E-state index contributed by atoms with van der Waals surface area (Å²) in [4.78, 5) is 24.0. The molecule has 5 rings (SSSR count). The van der Waals surface area contributed by atoms with Gasteiger partial charge in [0.15, 0.2) is 0 Å². The normalized spacial score (nSPS) is 9.07. The molecule has 5 heterocycles. The van der Waals surface area contributed by atoms with E-state index in [0.29, 0.717) is 0 Å². The fourth-order valence-electron chi connectivity index (χ4n) is 2.25. The van der Waals surface area contributed by atoms with Gasteiger partial charge in [-0.05, 0) is 48.5 Å². The molecule has 0 saturated carbocycles. The summed E-state index contributed by atoms with van der Waals surface area (Å²) in [7, 11) is 0. The molecule has 0 aliphatic heterocycles. The smallest absolute Gasteiger partial charge is 0.0886 e. The Hall–Kier alpha value is -3.57. The van der Waals surface area contributed by atoms with Crippen molar-refractivity contribution >= 4 is 0 Å². The summed E-state index contributed by atoms with van der Waals surface area (Å²) in [6.45, 7) is 0. The number of hydrogen-bond acceptors (Lipinski definition) is 5. The molecular formula is C23H19N6Ru-. The molecule has 0 aromatic carbocycles. The topological polar surface area (TPSA) is 78.5 Å². The maximum Gasteiger partial charge on any atom is 0.0886 e. The first-order valence-corrected chi connectivity index (χ1v) is 8.95. The van der Waals surface area contributed by atoms with Crippen LogP contribution in [-0.4, -0.2) is 24.9 Å². The van der Waals surface area contributed by atoms with Gasteiger partial charge in [0.2, 0.25) is 0 Å². The molecule has 0 aliphatic rings. The molecule has 0 amide bonds. The maximum atomic E-state index is 4.19. The Morgan fingerprint density at radius 3 is 1.00 bits per heavy atom. The van der Waals surface area contributed by atoms with Crippen LogP contribution in [0.25, 0.3) is 22.8 Å². The van der Waals surface area contributed by atoms with Crippen molar-refractivity contribution in [2.24, 2.45) is 0 Å². The van der Waals surface area contributed by atoms with E-state index in [2.05, 4.69) is 29.9 Å². The van der Waals surface area contributed by atoms with Crippen molar-refractivity contribution in [1.29, 1.82) is 0 Å². The molecule has 5 aromatic heterocycles. The average Bonchev–Trinajstić information content (AvgIpc) is 3.42. The van der Waals surface area contributed by atoms with Crippen LogP contribution in [0.1, 0.15) is 0 Å². The molecule has 0 aliphatic carbocycles. The molecule has 0 bridgehead atoms. The van der Waals surface area contributed by atoms with E-state index in [-0.39, 0.29) is 19.5 Å². The summed E-state index contributed by atoms with van der Waals surface area (Å²) in [6.07, 6.45) is 11.8. The molecule has 30 heavy (non-hydrogen) atoms. The molecule has 0 spiro atoms. The Balaban J connectivity index is 0.000000170. The van der Waals surface area contributed by atoms with Crippen LogP contribution in [0.5, 0.6) is 0 Å². The molecule has 0 radical (unpaired) electrons. The van der Waals surface area contributed by atoms with Gasteiger partial charge in [-0.2, -0.15) is 0 Å². The summed E-state index contributed by atoms with van der Waals surface area (Å²) in [5.74, 6) is 0. The Kier molecular flexibility index (Phi) is 10.3. The monoisotopic (exact) mass is 481 g/mol. The Bertz CT molecular complexity index is 861. The van der Waals surface area contributed by atoms with Gasteiger partial charge in [-0.25, -0.2) is 0 Å². The van der Waals surface area contributed by atoms with Gasteiger partial charge < -0.3 is 9.97 Å². The largest absolute Gasteiger partial charge is 0.450 e. The van der Waals surface area contributed by atoms with Gasteiger partial charge in [-0.1, -0.05) is 43.0 Å². The van der Waals surface area contributed by atoms with Crippen molar-refractivity contribution < 1.29 is 19.5 Å². The predicted octanol–water partition coefficient (Wildman–Crippen LogP) is 4.32. The number of hydrogen-bond donors (Lipinski definition) is 0. The quantitative estimate of drug-likeness (QED) is 0.350. The first-order chi connectivity index (χ1) is 14.4. The van der Waals surface area contributed by atoms with Crippen LogP contribution in [0.3, 0.4) is 0 Å². The van der Waals surface area contributed by atoms with Gasteiger partial charge in [0, 0.05) is 44.3 Å². The molecule has 5 aromatic rings. The Morgan fingerprint density at radius 2 is 0.833 bits per heavy atom. The van der Waals surface area contributed by atoms with E-state index in [1.807, 2.05) is 72.8 Å². The van der Waals surface area contributed by atoms with E-state index in [4.69, 9.17) is 0 Å². The summed E-state index contributed by atoms with van der Waals surface area (Å²) < 4.78 is 0. The second kappa shape index (κ2) is 13.6. The van der Waals surface area contributed by atoms with Crippen LogP contribution in [0.2, 0.25) is 0 Å². The van der Waals surface area contributed by atoms with E-state index >= 15 is 0 Å². The van der Waals surface area contributed by atoms with E-state index < -0.39 is 0 Å². The van der Waals surface area contributed by atoms with Crippen molar-refractivity contribution in [2.45, 2.75) is 0 Å². The Labute approximate surface area is 188 Å². The van der Waals surface area contributed by atoms with Gasteiger partial charge >= 0.3 is 0 Å². The van der Waals surface area contributed by atoms with Crippen LogP contribution in [-0.2, 0) is 19.5 Å². The first-order valence-electron chi connectivity index (χ1n) is 8.95. The van der Waals surface area contributed by atoms with Gasteiger partial charge in [0.25, 0.3) is 0 Å². The maximum absolute atomic E-state index is 4.19. The van der Waals surface area contributed by atoms with E-state index in [0.717, 1.165) is 22.8 Å². The second-order valence-electron chi connectivity index (χ2n) is 5.57. The zero-order chi connectivity index (χ0) is 20.0. The molecule has 6 nitrogen and oxygen atoms in total. The van der Waals surface area contributed by atoms with E-state index in [1.54, 1.807) is 37.2 Å². The van der Waals surface area contributed by atoms with Crippen molar-refractivity contribution in [3.8, 4) is 22.8 Å². The van der Waals surface area contributed by atoms with Crippen LogP contribution >= 0.6 is 0 Å². The summed E-state index contributed by atoms with van der Waals surface area (Å²) in [5, 5.41) is 0. The fourth-order valence-corrected chi connectivity index (χ4v) is 2.25. The minimum absolute atomic E-state index is 0. The Morgan fingerprint density at radius 1 is 0.467 bits per heavy atom. The number of imidazole rings is 1. The zero-order valence-electron chi connectivity index (χ0n) is 16.0. The van der Waals surface area contributed by atoms with Crippen molar-refractivity contribution in [3.05, 3.63) is 116 Å². The number of aromatic nitrogens is 6. The minimum Gasteiger partial charge on any atom is -0.450 e. The summed E-state index contributed by atoms with van der Waals surface area (Å²) >= 11 is 0. The minimum atomic E-state index is 0.